The molecule has 1 N–H and O–H groups in total. The zero-order valence-corrected chi connectivity index (χ0v) is 14.2. The quantitative estimate of drug-likeness (QED) is 0.913. The fourth-order valence-corrected chi connectivity index (χ4v) is 3.23. The Hall–Kier alpha value is -2.41. The molecule has 0 spiro atoms. The number of piperidine rings is 1. The Labute approximate surface area is 144 Å². The van der Waals surface area contributed by atoms with Gasteiger partial charge in [-0.05, 0) is 18.6 Å². The van der Waals surface area contributed by atoms with Gasteiger partial charge in [0.15, 0.2) is 0 Å². The highest BCUT2D eigenvalue weighted by molar-refractivity contribution is 6.30. The summed E-state index contributed by atoms with van der Waals surface area (Å²) >= 11 is 5.90. The molecule has 3 rings (SSSR count). The molecule has 1 aliphatic rings. The molecular formula is C16H18ClN5O2. The first kappa shape index (κ1) is 16.4. The van der Waals surface area contributed by atoms with Gasteiger partial charge in [-0.3, -0.25) is 19.3 Å². The van der Waals surface area contributed by atoms with Crippen molar-refractivity contribution in [3.8, 4) is 0 Å². The number of carbonyl (C=O) groups excluding carboxylic acids is 2. The van der Waals surface area contributed by atoms with Crippen LogP contribution >= 0.6 is 11.6 Å². The van der Waals surface area contributed by atoms with E-state index in [-0.39, 0.29) is 23.9 Å². The standard InChI is InChI=1S/C16H18ClN5O2/c1-21-14(23)4-3-12(15(21)13-5-6-19-22(13)2)20-16(24)10-7-11(17)9-18-8-10/h5-9,12,15H,3-4H2,1-2H3,(H,20,24)/t12-,15-/m1/s1. The Morgan fingerprint density at radius 2 is 2.17 bits per heavy atom. The molecule has 0 radical (unpaired) electrons. The van der Waals surface area contributed by atoms with Gasteiger partial charge in [0, 0.05) is 39.1 Å². The van der Waals surface area contributed by atoms with Crippen molar-refractivity contribution in [1.82, 2.24) is 25.0 Å². The molecule has 0 bridgehead atoms. The molecule has 24 heavy (non-hydrogen) atoms. The number of halogens is 1. The Morgan fingerprint density at radius 1 is 1.38 bits per heavy atom. The molecule has 3 heterocycles. The molecule has 0 unspecified atom stereocenters. The third kappa shape index (κ3) is 3.12. The van der Waals surface area contributed by atoms with E-state index >= 15 is 0 Å². The lowest BCUT2D eigenvalue weighted by atomic mass is 9.93. The predicted octanol–water partition coefficient (Wildman–Crippen LogP) is 1.56. The number of pyridine rings is 1. The number of carbonyl (C=O) groups is 2. The molecule has 1 aliphatic heterocycles. The van der Waals surface area contributed by atoms with Gasteiger partial charge in [-0.25, -0.2) is 0 Å². The van der Waals surface area contributed by atoms with Gasteiger partial charge in [0.1, 0.15) is 0 Å². The van der Waals surface area contributed by atoms with Crippen LogP contribution in [0.5, 0.6) is 0 Å². The van der Waals surface area contributed by atoms with Crippen LogP contribution in [0.1, 0.15) is 34.9 Å². The molecule has 8 heteroatoms. The molecule has 1 saturated heterocycles. The van der Waals surface area contributed by atoms with Gasteiger partial charge >= 0.3 is 0 Å². The van der Waals surface area contributed by atoms with Crippen molar-refractivity contribution in [2.24, 2.45) is 7.05 Å². The van der Waals surface area contributed by atoms with Crippen molar-refractivity contribution < 1.29 is 9.59 Å². The van der Waals surface area contributed by atoms with E-state index in [1.165, 1.54) is 12.4 Å². The van der Waals surface area contributed by atoms with Gasteiger partial charge in [-0.2, -0.15) is 5.10 Å². The number of rotatable bonds is 3. The molecule has 1 fully saturated rings. The van der Waals surface area contributed by atoms with Gasteiger partial charge in [-0.1, -0.05) is 11.6 Å². The summed E-state index contributed by atoms with van der Waals surface area (Å²) in [7, 11) is 3.57. The fourth-order valence-electron chi connectivity index (χ4n) is 3.06. The highest BCUT2D eigenvalue weighted by Gasteiger charge is 2.37. The van der Waals surface area contributed by atoms with E-state index in [1.807, 2.05) is 13.1 Å². The first-order valence-corrected chi connectivity index (χ1v) is 8.00. The zero-order valence-electron chi connectivity index (χ0n) is 13.4. The van der Waals surface area contributed by atoms with Crippen LogP contribution in [0.15, 0.2) is 30.7 Å². The van der Waals surface area contributed by atoms with Crippen molar-refractivity contribution >= 4 is 23.4 Å². The summed E-state index contributed by atoms with van der Waals surface area (Å²) in [6.45, 7) is 0. The smallest absolute Gasteiger partial charge is 0.253 e. The Bertz CT molecular complexity index is 775. The second-order valence-electron chi connectivity index (χ2n) is 5.84. The molecule has 7 nitrogen and oxygen atoms in total. The lowest BCUT2D eigenvalue weighted by molar-refractivity contribution is -0.136. The number of amides is 2. The maximum Gasteiger partial charge on any atom is 0.253 e. The second-order valence-corrected chi connectivity index (χ2v) is 6.28. The van der Waals surface area contributed by atoms with Crippen LogP contribution in [-0.4, -0.2) is 44.6 Å². The summed E-state index contributed by atoms with van der Waals surface area (Å²) in [6.07, 6.45) is 5.59. The number of likely N-dealkylation sites (tertiary alicyclic amines) is 1. The van der Waals surface area contributed by atoms with E-state index in [4.69, 9.17) is 11.6 Å². The SMILES string of the molecule is CN1C(=O)CC[C@@H](NC(=O)c2cncc(Cl)c2)[C@@H]1c1ccnn1C. The van der Waals surface area contributed by atoms with E-state index in [2.05, 4.69) is 15.4 Å². The molecule has 126 valence electrons. The van der Waals surface area contributed by atoms with E-state index in [1.54, 1.807) is 28.9 Å². The maximum absolute atomic E-state index is 12.5. The molecule has 0 aromatic carbocycles. The number of hydrogen-bond donors (Lipinski definition) is 1. The van der Waals surface area contributed by atoms with E-state index < -0.39 is 0 Å². The van der Waals surface area contributed by atoms with Crippen LogP contribution in [0, 0.1) is 0 Å². The average molecular weight is 348 g/mol. The minimum Gasteiger partial charge on any atom is -0.347 e. The minimum atomic E-state index is -0.269. The summed E-state index contributed by atoms with van der Waals surface area (Å²) in [6, 6.07) is 2.95. The van der Waals surface area contributed by atoms with Crippen LogP contribution in [0.2, 0.25) is 5.02 Å². The first-order chi connectivity index (χ1) is 11.5. The molecule has 2 amide bonds. The summed E-state index contributed by atoms with van der Waals surface area (Å²) in [5.74, 6) is -0.207. The Morgan fingerprint density at radius 3 is 2.83 bits per heavy atom. The number of nitrogens with zero attached hydrogens (tertiary/aromatic N) is 4. The average Bonchev–Trinajstić information content (AvgIpc) is 2.97. The van der Waals surface area contributed by atoms with E-state index in [9.17, 15) is 9.59 Å². The van der Waals surface area contributed by atoms with Crippen molar-refractivity contribution in [2.75, 3.05) is 7.05 Å². The lowest BCUT2D eigenvalue weighted by Crippen LogP contribution is -2.51. The number of aryl methyl sites for hydroxylation is 1. The third-order valence-corrected chi connectivity index (χ3v) is 4.51. The van der Waals surface area contributed by atoms with Crippen LogP contribution in [0.4, 0.5) is 0 Å². The lowest BCUT2D eigenvalue weighted by Gasteiger charge is -2.39. The number of likely N-dealkylation sites (N-methyl/N-ethyl adjacent to an activating group) is 1. The van der Waals surface area contributed by atoms with Crippen molar-refractivity contribution in [1.29, 1.82) is 0 Å². The van der Waals surface area contributed by atoms with Crippen molar-refractivity contribution in [3.05, 3.63) is 47.0 Å². The first-order valence-electron chi connectivity index (χ1n) is 7.62. The van der Waals surface area contributed by atoms with Crippen LogP contribution in [-0.2, 0) is 11.8 Å². The van der Waals surface area contributed by atoms with Crippen molar-refractivity contribution in [3.63, 3.8) is 0 Å². The number of aromatic nitrogens is 3. The molecule has 2 aromatic heterocycles. The molecular weight excluding hydrogens is 330 g/mol. The summed E-state index contributed by atoms with van der Waals surface area (Å²) in [4.78, 5) is 30.2. The second kappa shape index (κ2) is 6.60. The highest BCUT2D eigenvalue weighted by Crippen LogP contribution is 2.30. The zero-order chi connectivity index (χ0) is 17.3. The highest BCUT2D eigenvalue weighted by atomic mass is 35.5. The van der Waals surface area contributed by atoms with Crippen LogP contribution in [0.3, 0.4) is 0 Å². The monoisotopic (exact) mass is 347 g/mol. The molecule has 2 aromatic rings. The normalized spacial score (nSPS) is 21.0. The molecule has 2 atom stereocenters. The van der Waals surface area contributed by atoms with E-state index in [0.717, 1.165) is 5.69 Å². The summed E-state index contributed by atoms with van der Waals surface area (Å²) in [5, 5.41) is 7.58. The third-order valence-electron chi connectivity index (χ3n) is 4.31. The van der Waals surface area contributed by atoms with Gasteiger partial charge in [0.05, 0.1) is 28.4 Å². The van der Waals surface area contributed by atoms with Gasteiger partial charge in [0.2, 0.25) is 5.91 Å². The predicted molar refractivity (Wildman–Crippen MR) is 88.5 cm³/mol. The number of hydrogen-bond acceptors (Lipinski definition) is 4. The maximum atomic E-state index is 12.5. The minimum absolute atomic E-state index is 0.0520. The van der Waals surface area contributed by atoms with Crippen molar-refractivity contribution in [2.45, 2.75) is 24.9 Å². The molecule has 0 aliphatic carbocycles. The van der Waals surface area contributed by atoms with Gasteiger partial charge in [0.25, 0.3) is 5.91 Å². The largest absolute Gasteiger partial charge is 0.347 e. The Kier molecular flexibility index (Phi) is 4.53. The topological polar surface area (TPSA) is 80.1 Å². The van der Waals surface area contributed by atoms with E-state index in [0.29, 0.717) is 23.4 Å². The Balaban J connectivity index is 1.86. The number of nitrogens with one attached hydrogen (secondary N) is 1. The molecule has 0 saturated carbocycles. The summed E-state index contributed by atoms with van der Waals surface area (Å²) in [5.41, 5.74) is 1.27. The summed E-state index contributed by atoms with van der Waals surface area (Å²) < 4.78 is 1.72. The van der Waals surface area contributed by atoms with Crippen LogP contribution < -0.4 is 5.32 Å². The van der Waals surface area contributed by atoms with Crippen LogP contribution in [0.25, 0.3) is 0 Å². The van der Waals surface area contributed by atoms with Gasteiger partial charge < -0.3 is 10.2 Å². The fraction of sp³-hybridized carbons (Fsp3) is 0.375. The van der Waals surface area contributed by atoms with Gasteiger partial charge in [-0.15, -0.1) is 0 Å².